The van der Waals surface area contributed by atoms with Crippen LogP contribution in [-0.4, -0.2) is 42.8 Å². The number of amides is 1. The Morgan fingerprint density at radius 2 is 2.00 bits per heavy atom. The predicted octanol–water partition coefficient (Wildman–Crippen LogP) is 3.49. The fraction of sp³-hybridized carbons (Fsp3) is 0.217. The Labute approximate surface area is 175 Å². The van der Waals surface area contributed by atoms with Crippen LogP contribution in [0.3, 0.4) is 0 Å². The Hall–Kier alpha value is -3.76. The second kappa shape index (κ2) is 10.7. The molecule has 3 aromatic rings. The molecule has 7 heteroatoms. The number of anilines is 1. The smallest absolute Gasteiger partial charge is 0.300 e. The van der Waals surface area contributed by atoms with Crippen molar-refractivity contribution in [2.75, 3.05) is 32.2 Å². The van der Waals surface area contributed by atoms with Gasteiger partial charge < -0.3 is 24.5 Å². The first-order valence-corrected chi connectivity index (χ1v) is 9.51. The summed E-state index contributed by atoms with van der Waals surface area (Å²) in [6.07, 6.45) is 3.40. The maximum Gasteiger partial charge on any atom is 0.300 e. The van der Waals surface area contributed by atoms with Crippen LogP contribution in [0.5, 0.6) is 11.5 Å². The van der Waals surface area contributed by atoms with Crippen LogP contribution in [0.25, 0.3) is 11.4 Å². The van der Waals surface area contributed by atoms with E-state index in [9.17, 15) is 4.79 Å². The number of benzene rings is 2. The zero-order valence-electron chi connectivity index (χ0n) is 16.9. The van der Waals surface area contributed by atoms with Crippen LogP contribution in [-0.2, 0) is 9.53 Å². The number of hydrogen-bond acceptors (Lipinski definition) is 5. The van der Waals surface area contributed by atoms with Gasteiger partial charge in [-0.3, -0.25) is 4.79 Å². The van der Waals surface area contributed by atoms with Crippen LogP contribution in [0.2, 0.25) is 0 Å². The van der Waals surface area contributed by atoms with E-state index < -0.39 is 5.91 Å². The lowest BCUT2D eigenvalue weighted by atomic mass is 10.1. The van der Waals surface area contributed by atoms with E-state index in [2.05, 4.69) is 27.1 Å². The van der Waals surface area contributed by atoms with Gasteiger partial charge in [-0.05, 0) is 49.4 Å². The van der Waals surface area contributed by atoms with Crippen molar-refractivity contribution in [3.8, 4) is 34.7 Å². The average Bonchev–Trinajstić information content (AvgIpc) is 3.31. The Morgan fingerprint density at radius 1 is 1.17 bits per heavy atom. The maximum atomic E-state index is 12.4. The quantitative estimate of drug-likeness (QED) is 0.443. The largest absolute Gasteiger partial charge is 0.497 e. The van der Waals surface area contributed by atoms with E-state index >= 15 is 0 Å². The van der Waals surface area contributed by atoms with Gasteiger partial charge in [-0.2, -0.15) is 0 Å². The van der Waals surface area contributed by atoms with Crippen molar-refractivity contribution >= 4 is 11.6 Å². The molecular formula is C23H23N3O4. The van der Waals surface area contributed by atoms with Crippen molar-refractivity contribution < 1.29 is 19.0 Å². The zero-order chi connectivity index (χ0) is 21.2. The van der Waals surface area contributed by atoms with Crippen LogP contribution >= 0.6 is 0 Å². The fourth-order valence-electron chi connectivity index (χ4n) is 2.64. The number of rotatable bonds is 8. The van der Waals surface area contributed by atoms with Crippen molar-refractivity contribution in [1.82, 2.24) is 9.97 Å². The summed E-state index contributed by atoms with van der Waals surface area (Å²) in [6, 6.07) is 12.6. The second-order valence-corrected chi connectivity index (χ2v) is 6.13. The standard InChI is InChI=1S/C23H23N3O4/c1-3-29-14-15-30-21-10-7-18(23-24-12-13-25-23)16-20(21)26-22(27)11-6-17-4-8-19(28-2)9-5-17/h4-5,7-10,12-13,16H,3,14-15H2,1-2H3,(H,24,25)(H,26,27). The van der Waals surface area contributed by atoms with E-state index in [4.69, 9.17) is 14.2 Å². The number of carbonyl (C=O) groups is 1. The summed E-state index contributed by atoms with van der Waals surface area (Å²) in [6.45, 7) is 3.37. The molecule has 0 aliphatic carbocycles. The highest BCUT2D eigenvalue weighted by Gasteiger charge is 2.10. The number of ether oxygens (including phenoxy) is 3. The van der Waals surface area contributed by atoms with Crippen molar-refractivity contribution in [2.45, 2.75) is 6.92 Å². The van der Waals surface area contributed by atoms with Gasteiger partial charge in [0.15, 0.2) is 0 Å². The Balaban J connectivity index is 1.76. The molecule has 2 N–H and O–H groups in total. The summed E-state index contributed by atoms with van der Waals surface area (Å²) < 4.78 is 16.2. The summed E-state index contributed by atoms with van der Waals surface area (Å²) in [7, 11) is 1.60. The number of hydrogen-bond donors (Lipinski definition) is 2. The molecule has 2 aromatic carbocycles. The molecule has 0 atom stereocenters. The van der Waals surface area contributed by atoms with Gasteiger partial charge in [0, 0.05) is 36.0 Å². The first-order chi connectivity index (χ1) is 14.7. The second-order valence-electron chi connectivity index (χ2n) is 6.13. The van der Waals surface area contributed by atoms with E-state index in [0.29, 0.717) is 42.6 Å². The van der Waals surface area contributed by atoms with E-state index in [1.165, 1.54) is 0 Å². The molecule has 0 unspecified atom stereocenters. The van der Waals surface area contributed by atoms with Crippen LogP contribution in [0.4, 0.5) is 5.69 Å². The molecule has 0 aliphatic heterocycles. The summed E-state index contributed by atoms with van der Waals surface area (Å²) in [5, 5.41) is 2.80. The molecule has 0 aliphatic rings. The number of methoxy groups -OCH3 is 1. The summed E-state index contributed by atoms with van der Waals surface area (Å²) in [5.41, 5.74) is 2.04. The molecule has 1 heterocycles. The van der Waals surface area contributed by atoms with Crippen molar-refractivity contribution in [1.29, 1.82) is 0 Å². The topological polar surface area (TPSA) is 85.5 Å². The predicted molar refractivity (Wildman–Crippen MR) is 115 cm³/mol. The van der Waals surface area contributed by atoms with E-state index in [1.807, 2.05) is 13.0 Å². The molecule has 0 radical (unpaired) electrons. The molecule has 7 nitrogen and oxygen atoms in total. The number of imidazole rings is 1. The minimum atomic E-state index is -0.447. The Bertz CT molecular complexity index is 1020. The normalized spacial score (nSPS) is 10.1. The molecule has 1 amide bonds. The van der Waals surface area contributed by atoms with E-state index in [0.717, 1.165) is 11.3 Å². The van der Waals surface area contributed by atoms with Gasteiger partial charge in [0.1, 0.15) is 23.9 Å². The molecule has 0 saturated heterocycles. The highest BCUT2D eigenvalue weighted by atomic mass is 16.5. The van der Waals surface area contributed by atoms with E-state index in [1.54, 1.807) is 55.9 Å². The lowest BCUT2D eigenvalue weighted by molar-refractivity contribution is -0.111. The first-order valence-electron chi connectivity index (χ1n) is 9.51. The van der Waals surface area contributed by atoms with Crippen LogP contribution in [0.15, 0.2) is 54.9 Å². The van der Waals surface area contributed by atoms with Gasteiger partial charge in [0.2, 0.25) is 0 Å². The molecule has 0 fully saturated rings. The van der Waals surface area contributed by atoms with Gasteiger partial charge in [0.25, 0.3) is 0 Å². The highest BCUT2D eigenvalue weighted by Crippen LogP contribution is 2.29. The molecule has 0 spiro atoms. The SMILES string of the molecule is CCOCCOc1ccc(-c2ncc[nH]2)cc1NC(=O)C#Cc1ccc(OC)cc1. The molecule has 3 rings (SSSR count). The van der Waals surface area contributed by atoms with Crippen molar-refractivity contribution in [3.05, 3.63) is 60.4 Å². The van der Waals surface area contributed by atoms with Gasteiger partial charge in [0.05, 0.1) is 19.4 Å². The number of aromatic nitrogens is 2. The van der Waals surface area contributed by atoms with Crippen molar-refractivity contribution in [3.63, 3.8) is 0 Å². The van der Waals surface area contributed by atoms with Gasteiger partial charge in [-0.25, -0.2) is 4.98 Å². The third-order valence-corrected chi connectivity index (χ3v) is 4.10. The van der Waals surface area contributed by atoms with Crippen LogP contribution in [0, 0.1) is 11.8 Å². The number of nitrogens with one attached hydrogen (secondary N) is 2. The Morgan fingerprint density at radius 3 is 2.70 bits per heavy atom. The molecule has 0 saturated carbocycles. The lowest BCUT2D eigenvalue weighted by Crippen LogP contribution is -2.12. The molecular weight excluding hydrogens is 382 g/mol. The third kappa shape index (κ3) is 5.87. The average molecular weight is 405 g/mol. The molecule has 1 aromatic heterocycles. The number of H-pyrrole nitrogens is 1. The highest BCUT2D eigenvalue weighted by molar-refractivity contribution is 6.05. The molecule has 154 valence electrons. The third-order valence-electron chi connectivity index (χ3n) is 4.10. The zero-order valence-corrected chi connectivity index (χ0v) is 16.9. The summed E-state index contributed by atoms with van der Waals surface area (Å²) in [4.78, 5) is 19.7. The maximum absolute atomic E-state index is 12.4. The Kier molecular flexibility index (Phi) is 7.47. The van der Waals surface area contributed by atoms with E-state index in [-0.39, 0.29) is 0 Å². The summed E-state index contributed by atoms with van der Waals surface area (Å²) >= 11 is 0. The van der Waals surface area contributed by atoms with Crippen LogP contribution in [0.1, 0.15) is 12.5 Å². The monoisotopic (exact) mass is 405 g/mol. The number of nitrogens with zero attached hydrogens (tertiary/aromatic N) is 1. The number of carbonyl (C=O) groups excluding carboxylic acids is 1. The number of aromatic amines is 1. The summed E-state index contributed by atoms with van der Waals surface area (Å²) in [5.74, 6) is 6.94. The lowest BCUT2D eigenvalue weighted by Gasteiger charge is -2.12. The molecule has 30 heavy (non-hydrogen) atoms. The first kappa shape index (κ1) is 21.0. The minimum Gasteiger partial charge on any atom is -0.497 e. The van der Waals surface area contributed by atoms with Gasteiger partial charge in [-0.15, -0.1) is 0 Å². The fourth-order valence-corrected chi connectivity index (χ4v) is 2.64. The van der Waals surface area contributed by atoms with Crippen LogP contribution < -0.4 is 14.8 Å². The minimum absolute atomic E-state index is 0.369. The molecule has 0 bridgehead atoms. The van der Waals surface area contributed by atoms with Gasteiger partial charge in [-0.1, -0.05) is 5.92 Å². The van der Waals surface area contributed by atoms with Crippen molar-refractivity contribution in [2.24, 2.45) is 0 Å². The van der Waals surface area contributed by atoms with Gasteiger partial charge >= 0.3 is 5.91 Å².